The van der Waals surface area contributed by atoms with Gasteiger partial charge in [-0.3, -0.25) is 0 Å². The molecule has 0 unspecified atom stereocenters. The summed E-state index contributed by atoms with van der Waals surface area (Å²) in [4.78, 5) is 0. The molecule has 0 fully saturated rings. The highest BCUT2D eigenvalue weighted by atomic mass is 19.1. The van der Waals surface area contributed by atoms with E-state index in [0.29, 0.717) is 6.54 Å². The number of aromatic nitrogens is 1. The molecule has 4 rings (SSSR count). The van der Waals surface area contributed by atoms with Crippen LogP contribution in [0.15, 0.2) is 66.7 Å². The minimum absolute atomic E-state index is 0.221. The quantitative estimate of drug-likeness (QED) is 0.521. The minimum Gasteiger partial charge on any atom is -0.381 e. The summed E-state index contributed by atoms with van der Waals surface area (Å²) in [5.41, 5.74) is 4.51. The molecular formula is C21H19FN2. The molecule has 0 aliphatic carbocycles. The Kier molecular flexibility index (Phi) is 3.69. The summed E-state index contributed by atoms with van der Waals surface area (Å²) in [6.45, 7) is 3.79. The van der Waals surface area contributed by atoms with Gasteiger partial charge in [-0.25, -0.2) is 4.39 Å². The van der Waals surface area contributed by atoms with Gasteiger partial charge in [-0.15, -0.1) is 0 Å². The predicted octanol–water partition coefficient (Wildman–Crippen LogP) is 5.57. The first-order valence-corrected chi connectivity index (χ1v) is 8.25. The molecular weight excluding hydrogens is 299 g/mol. The van der Waals surface area contributed by atoms with Crippen LogP contribution in [0.3, 0.4) is 0 Å². The van der Waals surface area contributed by atoms with E-state index in [-0.39, 0.29) is 5.82 Å². The van der Waals surface area contributed by atoms with E-state index < -0.39 is 0 Å². The fourth-order valence-corrected chi connectivity index (χ4v) is 3.35. The van der Waals surface area contributed by atoms with Crippen molar-refractivity contribution in [2.24, 2.45) is 0 Å². The Morgan fingerprint density at radius 3 is 2.54 bits per heavy atom. The number of nitrogens with zero attached hydrogens (tertiary/aromatic N) is 1. The van der Waals surface area contributed by atoms with E-state index in [9.17, 15) is 4.39 Å². The zero-order chi connectivity index (χ0) is 16.5. The van der Waals surface area contributed by atoms with Gasteiger partial charge in [0.2, 0.25) is 0 Å². The van der Waals surface area contributed by atoms with Crippen LogP contribution < -0.4 is 5.32 Å². The zero-order valence-corrected chi connectivity index (χ0v) is 13.6. The highest BCUT2D eigenvalue weighted by Crippen LogP contribution is 2.29. The average Bonchev–Trinajstić information content (AvgIpc) is 2.93. The number of halogens is 1. The third kappa shape index (κ3) is 2.52. The molecule has 0 saturated heterocycles. The highest BCUT2D eigenvalue weighted by Gasteiger charge is 2.09. The van der Waals surface area contributed by atoms with Gasteiger partial charge in [0.15, 0.2) is 0 Å². The molecule has 0 saturated carbocycles. The standard InChI is InChI=1S/C21H19FN2/c1-2-24-20-9-4-3-8-18(20)19-12-15(10-11-21(19)24)14-23-17-7-5-6-16(22)13-17/h3-13,23H,2,14H2,1H3. The number of hydrogen-bond acceptors (Lipinski definition) is 1. The minimum atomic E-state index is -0.221. The van der Waals surface area contributed by atoms with Crippen LogP contribution in [0.5, 0.6) is 0 Å². The Balaban J connectivity index is 1.71. The summed E-state index contributed by atoms with van der Waals surface area (Å²) >= 11 is 0. The van der Waals surface area contributed by atoms with Crippen molar-refractivity contribution in [3.8, 4) is 0 Å². The molecule has 0 aliphatic heterocycles. The summed E-state index contributed by atoms with van der Waals surface area (Å²) in [5.74, 6) is -0.221. The van der Waals surface area contributed by atoms with Gasteiger partial charge < -0.3 is 9.88 Å². The van der Waals surface area contributed by atoms with Crippen LogP contribution in [0.2, 0.25) is 0 Å². The molecule has 0 bridgehead atoms. The third-order valence-electron chi connectivity index (χ3n) is 4.47. The van der Waals surface area contributed by atoms with Gasteiger partial charge in [0.25, 0.3) is 0 Å². The van der Waals surface area contributed by atoms with Gasteiger partial charge in [0.1, 0.15) is 5.82 Å². The molecule has 0 aliphatic rings. The monoisotopic (exact) mass is 318 g/mol. The lowest BCUT2D eigenvalue weighted by atomic mass is 10.1. The van der Waals surface area contributed by atoms with Crippen molar-refractivity contribution in [2.45, 2.75) is 20.0 Å². The molecule has 0 amide bonds. The first-order chi connectivity index (χ1) is 11.8. The Bertz CT molecular complexity index is 1020. The van der Waals surface area contributed by atoms with Crippen molar-refractivity contribution in [3.05, 3.63) is 78.1 Å². The molecule has 4 aromatic rings. The van der Waals surface area contributed by atoms with E-state index in [2.05, 4.69) is 59.3 Å². The van der Waals surface area contributed by atoms with Crippen LogP contribution >= 0.6 is 0 Å². The van der Waals surface area contributed by atoms with Crippen LogP contribution in [-0.2, 0) is 13.1 Å². The van der Waals surface area contributed by atoms with Crippen LogP contribution in [0, 0.1) is 5.82 Å². The maximum atomic E-state index is 13.3. The topological polar surface area (TPSA) is 17.0 Å². The number of hydrogen-bond donors (Lipinski definition) is 1. The molecule has 3 heteroatoms. The van der Waals surface area contributed by atoms with Crippen LogP contribution in [-0.4, -0.2) is 4.57 Å². The number of rotatable bonds is 4. The number of benzene rings is 3. The lowest BCUT2D eigenvalue weighted by molar-refractivity contribution is 0.628. The van der Waals surface area contributed by atoms with Crippen molar-refractivity contribution < 1.29 is 4.39 Å². The molecule has 1 aromatic heterocycles. The fourth-order valence-electron chi connectivity index (χ4n) is 3.35. The molecule has 120 valence electrons. The lowest BCUT2D eigenvalue weighted by Crippen LogP contribution is -1.99. The Morgan fingerprint density at radius 2 is 1.71 bits per heavy atom. The van der Waals surface area contributed by atoms with Gasteiger partial charge >= 0.3 is 0 Å². The number of aryl methyl sites for hydroxylation is 1. The largest absolute Gasteiger partial charge is 0.381 e. The second-order valence-electron chi connectivity index (χ2n) is 5.98. The Labute approximate surface area is 140 Å². The van der Waals surface area contributed by atoms with Crippen LogP contribution in [0.25, 0.3) is 21.8 Å². The second kappa shape index (κ2) is 6.00. The van der Waals surface area contributed by atoms with E-state index in [1.165, 1.54) is 39.5 Å². The van der Waals surface area contributed by atoms with E-state index in [0.717, 1.165) is 12.2 Å². The van der Waals surface area contributed by atoms with Crippen LogP contribution in [0.4, 0.5) is 10.1 Å². The van der Waals surface area contributed by atoms with Gasteiger partial charge in [0.05, 0.1) is 0 Å². The molecule has 1 heterocycles. The number of fused-ring (bicyclic) bond motifs is 3. The van der Waals surface area contributed by atoms with E-state index in [1.807, 2.05) is 6.07 Å². The average molecular weight is 318 g/mol. The van der Waals surface area contributed by atoms with Gasteiger partial charge in [-0.1, -0.05) is 30.3 Å². The normalized spacial score (nSPS) is 11.2. The molecule has 0 spiro atoms. The molecule has 2 nitrogen and oxygen atoms in total. The highest BCUT2D eigenvalue weighted by molar-refractivity contribution is 6.08. The lowest BCUT2D eigenvalue weighted by Gasteiger charge is -2.08. The number of nitrogens with one attached hydrogen (secondary N) is 1. The van der Waals surface area contributed by atoms with E-state index in [1.54, 1.807) is 6.07 Å². The van der Waals surface area contributed by atoms with Crippen molar-refractivity contribution in [3.63, 3.8) is 0 Å². The molecule has 0 radical (unpaired) electrons. The van der Waals surface area contributed by atoms with Crippen molar-refractivity contribution in [2.75, 3.05) is 5.32 Å². The second-order valence-corrected chi connectivity index (χ2v) is 5.98. The van der Waals surface area contributed by atoms with Crippen molar-refractivity contribution in [1.29, 1.82) is 0 Å². The van der Waals surface area contributed by atoms with E-state index in [4.69, 9.17) is 0 Å². The Morgan fingerprint density at radius 1 is 0.875 bits per heavy atom. The Hall–Kier alpha value is -2.81. The maximum absolute atomic E-state index is 13.3. The zero-order valence-electron chi connectivity index (χ0n) is 13.6. The molecule has 24 heavy (non-hydrogen) atoms. The summed E-state index contributed by atoms with van der Waals surface area (Å²) in [6.07, 6.45) is 0. The first kappa shape index (κ1) is 14.8. The van der Waals surface area contributed by atoms with Crippen LogP contribution in [0.1, 0.15) is 12.5 Å². The fraction of sp³-hybridized carbons (Fsp3) is 0.143. The van der Waals surface area contributed by atoms with Gasteiger partial charge in [-0.05, 0) is 48.9 Å². The maximum Gasteiger partial charge on any atom is 0.125 e. The van der Waals surface area contributed by atoms with Crippen molar-refractivity contribution in [1.82, 2.24) is 4.57 Å². The first-order valence-electron chi connectivity index (χ1n) is 8.25. The van der Waals surface area contributed by atoms with Gasteiger partial charge in [0, 0.05) is 40.6 Å². The molecule has 3 aromatic carbocycles. The SMILES string of the molecule is CCn1c2ccccc2c2cc(CNc3cccc(F)c3)ccc21. The summed E-state index contributed by atoms with van der Waals surface area (Å²) < 4.78 is 15.6. The molecule has 1 N–H and O–H groups in total. The molecule has 0 atom stereocenters. The summed E-state index contributed by atoms with van der Waals surface area (Å²) in [7, 11) is 0. The van der Waals surface area contributed by atoms with Gasteiger partial charge in [-0.2, -0.15) is 0 Å². The predicted molar refractivity (Wildman–Crippen MR) is 98.8 cm³/mol. The summed E-state index contributed by atoms with van der Waals surface area (Å²) in [6, 6.07) is 21.6. The summed E-state index contributed by atoms with van der Waals surface area (Å²) in [5, 5.41) is 5.84. The smallest absolute Gasteiger partial charge is 0.125 e. The third-order valence-corrected chi connectivity index (χ3v) is 4.47. The number of anilines is 1. The van der Waals surface area contributed by atoms with E-state index >= 15 is 0 Å². The van der Waals surface area contributed by atoms with Crippen molar-refractivity contribution >= 4 is 27.5 Å². The number of para-hydroxylation sites is 1.